The van der Waals surface area contributed by atoms with Gasteiger partial charge in [-0.2, -0.15) is 0 Å². The van der Waals surface area contributed by atoms with Crippen molar-refractivity contribution in [1.82, 2.24) is 10.3 Å². The van der Waals surface area contributed by atoms with Crippen molar-refractivity contribution in [3.05, 3.63) is 41.7 Å². The van der Waals surface area contributed by atoms with Crippen LogP contribution >= 0.6 is 0 Å². The van der Waals surface area contributed by atoms with E-state index < -0.39 is 0 Å². The molecule has 2 rings (SSSR count). The highest BCUT2D eigenvalue weighted by Gasteiger charge is 2.15. The molecule has 1 N–H and O–H groups in total. The maximum atomic E-state index is 4.23. The molecule has 1 atom stereocenters. The summed E-state index contributed by atoms with van der Waals surface area (Å²) in [5, 5.41) is 3.72. The molecule has 0 aliphatic heterocycles. The van der Waals surface area contributed by atoms with E-state index in [2.05, 4.69) is 29.4 Å². The molecule has 1 heterocycles. The van der Waals surface area contributed by atoms with Gasteiger partial charge in [-0.1, -0.05) is 31.1 Å². The third-order valence-corrected chi connectivity index (χ3v) is 3.83. The van der Waals surface area contributed by atoms with Crippen LogP contribution in [-0.4, -0.2) is 17.6 Å². The number of nitrogens with one attached hydrogen (secondary N) is 1. The molecule has 0 saturated carbocycles. The Balaban J connectivity index is 2.04. The molecule has 2 nitrogen and oxygen atoms in total. The second-order valence-corrected chi connectivity index (χ2v) is 5.45. The average molecular weight is 258 g/mol. The second-order valence-electron chi connectivity index (χ2n) is 5.45. The van der Waals surface area contributed by atoms with Crippen molar-refractivity contribution in [2.45, 2.75) is 57.9 Å². The largest absolute Gasteiger partial charge is 0.310 e. The van der Waals surface area contributed by atoms with E-state index in [1.54, 1.807) is 5.57 Å². The van der Waals surface area contributed by atoms with Gasteiger partial charge in [-0.3, -0.25) is 4.98 Å². The smallest absolute Gasteiger partial charge is 0.0320 e. The van der Waals surface area contributed by atoms with E-state index in [0.717, 1.165) is 13.0 Å². The Morgan fingerprint density at radius 3 is 3.05 bits per heavy atom. The van der Waals surface area contributed by atoms with Crippen LogP contribution in [0.4, 0.5) is 0 Å². The Morgan fingerprint density at radius 2 is 2.26 bits per heavy atom. The van der Waals surface area contributed by atoms with Crippen molar-refractivity contribution in [3.63, 3.8) is 0 Å². The van der Waals surface area contributed by atoms with Crippen molar-refractivity contribution in [2.75, 3.05) is 6.54 Å². The third-order valence-electron chi connectivity index (χ3n) is 3.83. The minimum Gasteiger partial charge on any atom is -0.310 e. The Labute approximate surface area is 117 Å². The van der Waals surface area contributed by atoms with Crippen LogP contribution in [0.25, 0.3) is 0 Å². The van der Waals surface area contributed by atoms with Crippen LogP contribution in [0.1, 0.15) is 51.0 Å². The molecular weight excluding hydrogens is 232 g/mol. The molecule has 2 heteroatoms. The molecule has 0 saturated heterocycles. The molecule has 104 valence electrons. The lowest BCUT2D eigenvalue weighted by Gasteiger charge is -2.21. The molecular formula is C17H26N2. The Morgan fingerprint density at radius 1 is 1.32 bits per heavy atom. The standard InChI is InChI=1S/C17H26N2/c1-2-11-19-17(13-15-8-7-12-18-14-15)16-9-5-3-4-6-10-16/h7-9,12,14,17,19H,2-6,10-11,13H2,1H3. The van der Waals surface area contributed by atoms with E-state index in [-0.39, 0.29) is 0 Å². The van der Waals surface area contributed by atoms with Gasteiger partial charge in [0.2, 0.25) is 0 Å². The molecule has 0 amide bonds. The average Bonchev–Trinajstić information content (AvgIpc) is 2.73. The van der Waals surface area contributed by atoms with Gasteiger partial charge in [0.25, 0.3) is 0 Å². The normalized spacial score (nSPS) is 17.6. The molecule has 1 aromatic heterocycles. The van der Waals surface area contributed by atoms with Crippen LogP contribution in [0.3, 0.4) is 0 Å². The Kier molecular flexibility index (Phi) is 6.09. The maximum Gasteiger partial charge on any atom is 0.0320 e. The van der Waals surface area contributed by atoms with E-state index in [9.17, 15) is 0 Å². The Hall–Kier alpha value is -1.15. The lowest BCUT2D eigenvalue weighted by molar-refractivity contribution is 0.542. The minimum atomic E-state index is 0.502. The molecule has 1 unspecified atom stereocenters. The topological polar surface area (TPSA) is 24.9 Å². The van der Waals surface area contributed by atoms with Gasteiger partial charge in [0.1, 0.15) is 0 Å². The number of rotatable bonds is 6. The van der Waals surface area contributed by atoms with Crippen LogP contribution in [-0.2, 0) is 6.42 Å². The molecule has 0 aromatic carbocycles. The number of hydrogen-bond donors (Lipinski definition) is 1. The van der Waals surface area contributed by atoms with Crippen LogP contribution < -0.4 is 5.32 Å². The van der Waals surface area contributed by atoms with E-state index in [4.69, 9.17) is 0 Å². The van der Waals surface area contributed by atoms with Crippen molar-refractivity contribution >= 4 is 0 Å². The molecule has 0 bridgehead atoms. The lowest BCUT2D eigenvalue weighted by Crippen LogP contribution is -2.33. The van der Waals surface area contributed by atoms with Gasteiger partial charge in [-0.15, -0.1) is 0 Å². The number of pyridine rings is 1. The summed E-state index contributed by atoms with van der Waals surface area (Å²) < 4.78 is 0. The SMILES string of the molecule is CCCNC(Cc1cccnc1)C1=CCCCCC1. The van der Waals surface area contributed by atoms with Crippen molar-refractivity contribution in [1.29, 1.82) is 0 Å². The summed E-state index contributed by atoms with van der Waals surface area (Å²) in [6.45, 7) is 3.33. The number of aromatic nitrogens is 1. The zero-order valence-corrected chi connectivity index (χ0v) is 12.1. The summed E-state index contributed by atoms with van der Waals surface area (Å²) >= 11 is 0. The fourth-order valence-corrected chi connectivity index (χ4v) is 2.76. The fraction of sp³-hybridized carbons (Fsp3) is 0.588. The van der Waals surface area contributed by atoms with Crippen molar-refractivity contribution < 1.29 is 0 Å². The van der Waals surface area contributed by atoms with Gasteiger partial charge in [0, 0.05) is 18.4 Å². The van der Waals surface area contributed by atoms with Crippen LogP contribution in [0.5, 0.6) is 0 Å². The first kappa shape index (κ1) is 14.3. The quantitative estimate of drug-likeness (QED) is 0.783. The first-order valence-corrected chi connectivity index (χ1v) is 7.71. The van der Waals surface area contributed by atoms with E-state index in [0.29, 0.717) is 6.04 Å². The molecule has 1 aliphatic rings. The summed E-state index contributed by atoms with van der Waals surface area (Å²) in [7, 11) is 0. The number of allylic oxidation sites excluding steroid dienone is 1. The monoisotopic (exact) mass is 258 g/mol. The molecule has 0 fully saturated rings. The van der Waals surface area contributed by atoms with Gasteiger partial charge >= 0.3 is 0 Å². The summed E-state index contributed by atoms with van der Waals surface area (Å²) in [4.78, 5) is 4.23. The van der Waals surface area contributed by atoms with E-state index in [1.165, 1.54) is 44.1 Å². The summed E-state index contributed by atoms with van der Waals surface area (Å²) in [6, 6.07) is 4.72. The van der Waals surface area contributed by atoms with Crippen molar-refractivity contribution in [3.8, 4) is 0 Å². The highest BCUT2D eigenvalue weighted by atomic mass is 14.9. The lowest BCUT2D eigenvalue weighted by atomic mass is 9.96. The molecule has 1 aliphatic carbocycles. The second kappa shape index (κ2) is 8.11. The first-order valence-electron chi connectivity index (χ1n) is 7.71. The van der Waals surface area contributed by atoms with Gasteiger partial charge in [0.15, 0.2) is 0 Å². The molecule has 0 spiro atoms. The minimum absolute atomic E-state index is 0.502. The molecule has 19 heavy (non-hydrogen) atoms. The van der Waals surface area contributed by atoms with Crippen molar-refractivity contribution in [2.24, 2.45) is 0 Å². The van der Waals surface area contributed by atoms with Gasteiger partial charge in [0.05, 0.1) is 0 Å². The van der Waals surface area contributed by atoms with Crippen LogP contribution in [0.2, 0.25) is 0 Å². The van der Waals surface area contributed by atoms with Crippen LogP contribution in [0, 0.1) is 0 Å². The zero-order valence-electron chi connectivity index (χ0n) is 12.1. The highest BCUT2D eigenvalue weighted by Crippen LogP contribution is 2.22. The summed E-state index contributed by atoms with van der Waals surface area (Å²) in [6.07, 6.45) is 15.2. The van der Waals surface area contributed by atoms with Crippen LogP contribution in [0.15, 0.2) is 36.2 Å². The highest BCUT2D eigenvalue weighted by molar-refractivity contribution is 5.19. The zero-order chi connectivity index (χ0) is 13.3. The molecule has 1 aromatic rings. The number of hydrogen-bond acceptors (Lipinski definition) is 2. The van der Waals surface area contributed by atoms with Gasteiger partial charge < -0.3 is 5.32 Å². The summed E-state index contributed by atoms with van der Waals surface area (Å²) in [5.41, 5.74) is 2.95. The number of nitrogens with zero attached hydrogens (tertiary/aromatic N) is 1. The van der Waals surface area contributed by atoms with E-state index >= 15 is 0 Å². The summed E-state index contributed by atoms with van der Waals surface area (Å²) in [5.74, 6) is 0. The van der Waals surface area contributed by atoms with E-state index in [1.807, 2.05) is 18.5 Å². The maximum absolute atomic E-state index is 4.23. The third kappa shape index (κ3) is 4.79. The predicted molar refractivity (Wildman–Crippen MR) is 81.2 cm³/mol. The van der Waals surface area contributed by atoms with Gasteiger partial charge in [-0.05, 0) is 56.7 Å². The first-order chi connectivity index (χ1) is 9.40. The Bertz CT molecular complexity index is 384. The predicted octanol–water partition coefficient (Wildman–Crippen LogP) is 3.88. The fourth-order valence-electron chi connectivity index (χ4n) is 2.76. The van der Waals surface area contributed by atoms with Gasteiger partial charge in [-0.25, -0.2) is 0 Å². The molecule has 0 radical (unpaired) electrons.